The molecule has 0 aromatic heterocycles. The molecule has 30 heavy (non-hydrogen) atoms. The molecule has 0 aliphatic carbocycles. The van der Waals surface area contributed by atoms with Crippen molar-refractivity contribution < 1.29 is 22.7 Å². The van der Waals surface area contributed by atoms with Gasteiger partial charge in [0.1, 0.15) is 17.7 Å². The van der Waals surface area contributed by atoms with Crippen molar-refractivity contribution in [3.05, 3.63) is 88.9 Å². The number of halogens is 4. The predicted octanol–water partition coefficient (Wildman–Crippen LogP) is 5.79. The van der Waals surface area contributed by atoms with E-state index in [-0.39, 0.29) is 12.5 Å². The lowest BCUT2D eigenvalue weighted by Crippen LogP contribution is -2.27. The molecule has 1 amide bonds. The van der Waals surface area contributed by atoms with Crippen molar-refractivity contribution in [2.45, 2.75) is 12.3 Å². The van der Waals surface area contributed by atoms with Crippen molar-refractivity contribution in [1.82, 2.24) is 5.32 Å². The predicted molar refractivity (Wildman–Crippen MR) is 108 cm³/mol. The molecule has 4 rings (SSSR count). The summed E-state index contributed by atoms with van der Waals surface area (Å²) in [4.78, 5) is 13.8. The van der Waals surface area contributed by atoms with Crippen LogP contribution in [0.15, 0.2) is 72.8 Å². The Labute approximate surface area is 175 Å². The Balaban J connectivity index is 1.62. The van der Waals surface area contributed by atoms with E-state index in [2.05, 4.69) is 5.32 Å². The highest BCUT2D eigenvalue weighted by molar-refractivity contribution is 6.30. The number of hydrogen-bond acceptors (Lipinski definition) is 3. The number of alkyl halides is 3. The first kappa shape index (κ1) is 20.1. The monoisotopic (exact) mass is 432 g/mol. The number of amides is 1. The average molecular weight is 433 g/mol. The van der Waals surface area contributed by atoms with E-state index >= 15 is 0 Å². The SMILES string of the molecule is O=C1CN(c2cccc(Oc3ccc(Cl)cc3)c2)C(c2cccc(C(F)(F)F)c2)N1. The third kappa shape index (κ3) is 4.36. The van der Waals surface area contributed by atoms with E-state index in [4.69, 9.17) is 16.3 Å². The van der Waals surface area contributed by atoms with Gasteiger partial charge in [0, 0.05) is 16.8 Å². The van der Waals surface area contributed by atoms with Gasteiger partial charge in [0.15, 0.2) is 0 Å². The van der Waals surface area contributed by atoms with Gasteiger partial charge in [-0.3, -0.25) is 4.79 Å². The van der Waals surface area contributed by atoms with Crippen molar-refractivity contribution in [2.75, 3.05) is 11.4 Å². The van der Waals surface area contributed by atoms with E-state index in [9.17, 15) is 18.0 Å². The molecule has 1 fully saturated rings. The molecule has 3 aromatic carbocycles. The number of anilines is 1. The first-order valence-electron chi connectivity index (χ1n) is 9.06. The number of rotatable bonds is 4. The lowest BCUT2D eigenvalue weighted by Gasteiger charge is -2.26. The zero-order chi connectivity index (χ0) is 21.3. The number of nitrogens with one attached hydrogen (secondary N) is 1. The molecular weight excluding hydrogens is 417 g/mol. The molecule has 154 valence electrons. The number of hydrogen-bond donors (Lipinski definition) is 1. The summed E-state index contributed by atoms with van der Waals surface area (Å²) in [5.74, 6) is 0.833. The van der Waals surface area contributed by atoms with Crippen LogP contribution in [-0.4, -0.2) is 12.5 Å². The first-order chi connectivity index (χ1) is 14.3. The minimum absolute atomic E-state index is 0.0192. The summed E-state index contributed by atoms with van der Waals surface area (Å²) in [6.07, 6.45) is -5.18. The molecule has 1 unspecified atom stereocenters. The number of ether oxygens (including phenoxy) is 1. The van der Waals surface area contributed by atoms with E-state index < -0.39 is 17.9 Å². The van der Waals surface area contributed by atoms with E-state index in [1.807, 2.05) is 0 Å². The van der Waals surface area contributed by atoms with Crippen LogP contribution in [0, 0.1) is 0 Å². The summed E-state index contributed by atoms with van der Waals surface area (Å²) >= 11 is 5.88. The third-order valence-electron chi connectivity index (χ3n) is 4.65. The lowest BCUT2D eigenvalue weighted by atomic mass is 10.1. The molecule has 4 nitrogen and oxygen atoms in total. The van der Waals surface area contributed by atoms with Crippen LogP contribution in [0.2, 0.25) is 5.02 Å². The summed E-state index contributed by atoms with van der Waals surface area (Å²) in [5.41, 5.74) is 0.225. The lowest BCUT2D eigenvalue weighted by molar-refractivity contribution is -0.137. The first-order valence-corrected chi connectivity index (χ1v) is 9.44. The molecule has 1 heterocycles. The van der Waals surface area contributed by atoms with Gasteiger partial charge >= 0.3 is 6.18 Å². The Morgan fingerprint density at radius 3 is 2.43 bits per heavy atom. The Hall–Kier alpha value is -3.19. The van der Waals surface area contributed by atoms with E-state index in [1.54, 1.807) is 59.5 Å². The summed E-state index contributed by atoms with van der Waals surface area (Å²) in [5, 5.41) is 3.32. The molecule has 0 bridgehead atoms. The van der Waals surface area contributed by atoms with Gasteiger partial charge in [-0.25, -0.2) is 0 Å². The molecule has 0 radical (unpaired) electrons. The molecule has 1 aliphatic heterocycles. The second-order valence-corrected chi connectivity index (χ2v) is 7.21. The van der Waals surface area contributed by atoms with Gasteiger partial charge in [-0.05, 0) is 54.1 Å². The minimum Gasteiger partial charge on any atom is -0.457 e. The molecule has 3 aromatic rings. The van der Waals surface area contributed by atoms with Crippen LogP contribution in [0.1, 0.15) is 17.3 Å². The highest BCUT2D eigenvalue weighted by Gasteiger charge is 2.35. The van der Waals surface area contributed by atoms with E-state index in [0.29, 0.717) is 27.8 Å². The standard InChI is InChI=1S/C22H16ClF3N2O2/c23-16-7-9-18(10-8-16)30-19-6-2-5-17(12-19)28-13-20(29)27-21(28)14-3-1-4-15(11-14)22(24,25)26/h1-12,21H,13H2,(H,27,29). The maximum Gasteiger partial charge on any atom is 0.416 e. The van der Waals surface area contributed by atoms with Gasteiger partial charge in [0.2, 0.25) is 5.91 Å². The maximum absolute atomic E-state index is 13.1. The average Bonchev–Trinajstić information content (AvgIpc) is 3.11. The van der Waals surface area contributed by atoms with Gasteiger partial charge < -0.3 is 15.0 Å². The maximum atomic E-state index is 13.1. The molecule has 0 spiro atoms. The second-order valence-electron chi connectivity index (χ2n) is 6.77. The van der Waals surface area contributed by atoms with Crippen molar-refractivity contribution in [1.29, 1.82) is 0 Å². The summed E-state index contributed by atoms with van der Waals surface area (Å²) in [6, 6.07) is 18.8. The van der Waals surface area contributed by atoms with Gasteiger partial charge in [-0.1, -0.05) is 29.8 Å². The van der Waals surface area contributed by atoms with Crippen LogP contribution in [-0.2, 0) is 11.0 Å². The Bertz CT molecular complexity index is 1070. The van der Waals surface area contributed by atoms with Crippen LogP contribution in [0.25, 0.3) is 0 Å². The van der Waals surface area contributed by atoms with Crippen LogP contribution < -0.4 is 15.0 Å². The number of carbonyl (C=O) groups is 1. The van der Waals surface area contributed by atoms with Crippen LogP contribution >= 0.6 is 11.6 Å². The zero-order valence-corrected chi connectivity index (χ0v) is 16.2. The van der Waals surface area contributed by atoms with Gasteiger partial charge in [0.25, 0.3) is 0 Å². The van der Waals surface area contributed by atoms with Gasteiger partial charge in [-0.15, -0.1) is 0 Å². The molecule has 1 atom stereocenters. The molecule has 8 heteroatoms. The summed E-state index contributed by atoms with van der Waals surface area (Å²) in [7, 11) is 0. The molecular formula is C22H16ClF3N2O2. The van der Waals surface area contributed by atoms with Gasteiger partial charge in [-0.2, -0.15) is 13.2 Å². The Kier molecular flexibility index (Phi) is 5.30. The van der Waals surface area contributed by atoms with E-state index in [0.717, 1.165) is 12.1 Å². The van der Waals surface area contributed by atoms with Crippen molar-refractivity contribution in [3.8, 4) is 11.5 Å². The second kappa shape index (κ2) is 7.91. The molecule has 1 aliphatic rings. The van der Waals surface area contributed by atoms with Crippen LogP contribution in [0.4, 0.5) is 18.9 Å². The molecule has 0 saturated carbocycles. The van der Waals surface area contributed by atoms with Crippen molar-refractivity contribution in [3.63, 3.8) is 0 Å². The highest BCUT2D eigenvalue weighted by atomic mass is 35.5. The summed E-state index contributed by atoms with van der Waals surface area (Å²) < 4.78 is 45.2. The fourth-order valence-corrected chi connectivity index (χ4v) is 3.40. The van der Waals surface area contributed by atoms with Gasteiger partial charge in [0.05, 0.1) is 12.1 Å². The fraction of sp³-hybridized carbons (Fsp3) is 0.136. The number of nitrogens with zero attached hydrogens (tertiary/aromatic N) is 1. The van der Waals surface area contributed by atoms with Crippen LogP contribution in [0.3, 0.4) is 0 Å². The minimum atomic E-state index is -4.46. The smallest absolute Gasteiger partial charge is 0.416 e. The zero-order valence-electron chi connectivity index (χ0n) is 15.5. The number of benzene rings is 3. The largest absolute Gasteiger partial charge is 0.457 e. The highest BCUT2D eigenvalue weighted by Crippen LogP contribution is 2.35. The van der Waals surface area contributed by atoms with Crippen LogP contribution in [0.5, 0.6) is 11.5 Å². The van der Waals surface area contributed by atoms with Crippen molar-refractivity contribution >= 4 is 23.2 Å². The Morgan fingerprint density at radius 2 is 1.70 bits per heavy atom. The van der Waals surface area contributed by atoms with Crippen molar-refractivity contribution in [2.24, 2.45) is 0 Å². The topological polar surface area (TPSA) is 41.6 Å². The molecule has 1 saturated heterocycles. The quantitative estimate of drug-likeness (QED) is 0.567. The third-order valence-corrected chi connectivity index (χ3v) is 4.90. The Morgan fingerprint density at radius 1 is 0.967 bits per heavy atom. The normalized spacial score (nSPS) is 16.5. The summed E-state index contributed by atoms with van der Waals surface area (Å²) in [6.45, 7) is 0.0192. The fourth-order valence-electron chi connectivity index (χ4n) is 3.28. The molecule has 1 N–H and O–H groups in total. The van der Waals surface area contributed by atoms with E-state index in [1.165, 1.54) is 6.07 Å². The number of carbonyl (C=O) groups excluding carboxylic acids is 1.